The summed E-state index contributed by atoms with van der Waals surface area (Å²) in [5.74, 6) is -0.349. The molecule has 7 heteroatoms. The van der Waals surface area contributed by atoms with E-state index < -0.39 is 5.60 Å². The number of furan rings is 1. The molecular formula is C18H18FN3O3. The lowest BCUT2D eigenvalue weighted by Crippen LogP contribution is -2.39. The predicted molar refractivity (Wildman–Crippen MR) is 89.2 cm³/mol. The van der Waals surface area contributed by atoms with Gasteiger partial charge >= 0.3 is 0 Å². The zero-order chi connectivity index (χ0) is 18.0. The zero-order valence-electron chi connectivity index (χ0n) is 13.9. The van der Waals surface area contributed by atoms with Gasteiger partial charge in [0.05, 0.1) is 18.5 Å². The largest absolute Gasteiger partial charge is 0.466 e. The average molecular weight is 343 g/mol. The van der Waals surface area contributed by atoms with Crippen LogP contribution in [0.15, 0.2) is 53.1 Å². The molecule has 0 spiro atoms. The van der Waals surface area contributed by atoms with Crippen molar-refractivity contribution in [3.8, 4) is 11.3 Å². The van der Waals surface area contributed by atoms with Gasteiger partial charge in [0.2, 0.25) is 0 Å². The number of nitrogens with zero attached hydrogens (tertiary/aromatic N) is 2. The normalized spacial score (nSPS) is 13.4. The molecule has 3 rings (SSSR count). The molecule has 0 saturated carbocycles. The van der Waals surface area contributed by atoms with Gasteiger partial charge in [0.15, 0.2) is 0 Å². The minimum absolute atomic E-state index is 0.0175. The van der Waals surface area contributed by atoms with Crippen molar-refractivity contribution in [2.45, 2.75) is 12.5 Å². The number of nitrogens with one attached hydrogen (secondary N) is 1. The Hall–Kier alpha value is -2.93. The van der Waals surface area contributed by atoms with Gasteiger partial charge in [-0.25, -0.2) is 4.39 Å². The van der Waals surface area contributed by atoms with Crippen LogP contribution in [-0.4, -0.2) is 27.3 Å². The van der Waals surface area contributed by atoms with E-state index in [2.05, 4.69) is 10.4 Å². The van der Waals surface area contributed by atoms with E-state index in [1.807, 2.05) is 0 Å². The van der Waals surface area contributed by atoms with Crippen LogP contribution in [0.5, 0.6) is 0 Å². The van der Waals surface area contributed by atoms with Crippen LogP contribution in [0.1, 0.15) is 23.2 Å². The standard InChI is InChI=1S/C18H18FN3O3/c1-18(24,16-4-3-9-25-16)11-20-17(23)15-10-14(21-22(15)2)12-5-7-13(19)8-6-12/h3-10,24H,11H2,1-2H3,(H,20,23)/t18-/m0/s1. The number of hydrogen-bond donors (Lipinski definition) is 2. The Morgan fingerprint density at radius 1 is 1.36 bits per heavy atom. The van der Waals surface area contributed by atoms with Crippen molar-refractivity contribution in [1.82, 2.24) is 15.1 Å². The second kappa shape index (κ2) is 6.52. The summed E-state index contributed by atoms with van der Waals surface area (Å²) < 4.78 is 19.6. The van der Waals surface area contributed by atoms with Gasteiger partial charge in [-0.15, -0.1) is 0 Å². The van der Waals surface area contributed by atoms with Gasteiger partial charge in [0.1, 0.15) is 22.9 Å². The Balaban J connectivity index is 1.73. The lowest BCUT2D eigenvalue weighted by molar-refractivity contribution is 0.0328. The van der Waals surface area contributed by atoms with Crippen molar-refractivity contribution in [3.63, 3.8) is 0 Å². The minimum Gasteiger partial charge on any atom is -0.466 e. The highest BCUT2D eigenvalue weighted by Crippen LogP contribution is 2.21. The Morgan fingerprint density at radius 2 is 2.08 bits per heavy atom. The number of amides is 1. The van der Waals surface area contributed by atoms with Crippen molar-refractivity contribution in [1.29, 1.82) is 0 Å². The molecule has 1 atom stereocenters. The molecule has 0 aliphatic heterocycles. The Kier molecular flexibility index (Phi) is 4.41. The predicted octanol–water partition coefficient (Wildman–Crippen LogP) is 2.46. The van der Waals surface area contributed by atoms with Crippen LogP contribution >= 0.6 is 0 Å². The number of carbonyl (C=O) groups is 1. The fraction of sp³-hybridized carbons (Fsp3) is 0.222. The SMILES string of the molecule is Cn1nc(-c2ccc(F)cc2)cc1C(=O)NC[C@](C)(O)c1ccco1. The zero-order valence-corrected chi connectivity index (χ0v) is 13.9. The number of aromatic nitrogens is 2. The van der Waals surface area contributed by atoms with Crippen molar-refractivity contribution < 1.29 is 18.7 Å². The first-order chi connectivity index (χ1) is 11.9. The summed E-state index contributed by atoms with van der Waals surface area (Å²) in [6.45, 7) is 1.54. The topological polar surface area (TPSA) is 80.3 Å². The molecule has 1 amide bonds. The van der Waals surface area contributed by atoms with E-state index in [1.54, 1.807) is 44.3 Å². The molecule has 0 aliphatic carbocycles. The molecule has 0 fully saturated rings. The van der Waals surface area contributed by atoms with Crippen LogP contribution in [0.3, 0.4) is 0 Å². The van der Waals surface area contributed by atoms with Gasteiger partial charge in [0.25, 0.3) is 5.91 Å². The molecule has 0 radical (unpaired) electrons. The van der Waals surface area contributed by atoms with Crippen molar-refractivity contribution in [2.24, 2.45) is 7.05 Å². The molecule has 6 nitrogen and oxygen atoms in total. The monoisotopic (exact) mass is 343 g/mol. The summed E-state index contributed by atoms with van der Waals surface area (Å²) in [5, 5.41) is 17.3. The molecule has 2 N–H and O–H groups in total. The summed E-state index contributed by atoms with van der Waals surface area (Å²) in [7, 11) is 1.65. The maximum absolute atomic E-state index is 13.0. The fourth-order valence-electron chi connectivity index (χ4n) is 2.46. The van der Waals surface area contributed by atoms with E-state index in [9.17, 15) is 14.3 Å². The van der Waals surface area contributed by atoms with Gasteiger partial charge in [-0.05, 0) is 49.4 Å². The summed E-state index contributed by atoms with van der Waals surface area (Å²) in [5.41, 5.74) is 0.274. The first-order valence-electron chi connectivity index (χ1n) is 7.71. The van der Waals surface area contributed by atoms with E-state index in [0.717, 1.165) is 0 Å². The molecule has 130 valence electrons. The first kappa shape index (κ1) is 16.9. The summed E-state index contributed by atoms with van der Waals surface area (Å²) in [6, 6.07) is 10.8. The summed E-state index contributed by atoms with van der Waals surface area (Å²) in [4.78, 5) is 12.4. The van der Waals surface area contributed by atoms with Gasteiger partial charge in [0, 0.05) is 12.6 Å². The molecule has 0 saturated heterocycles. The van der Waals surface area contributed by atoms with Gasteiger partial charge < -0.3 is 14.8 Å². The quantitative estimate of drug-likeness (QED) is 0.746. The smallest absolute Gasteiger partial charge is 0.269 e. The molecule has 2 heterocycles. The van der Waals surface area contributed by atoms with E-state index in [-0.39, 0.29) is 18.3 Å². The fourth-order valence-corrected chi connectivity index (χ4v) is 2.46. The maximum Gasteiger partial charge on any atom is 0.269 e. The lowest BCUT2D eigenvalue weighted by atomic mass is 10.0. The highest BCUT2D eigenvalue weighted by atomic mass is 19.1. The van der Waals surface area contributed by atoms with Crippen LogP contribution in [0.2, 0.25) is 0 Å². The van der Waals surface area contributed by atoms with Crippen molar-refractivity contribution in [2.75, 3.05) is 6.54 Å². The maximum atomic E-state index is 13.0. The Morgan fingerprint density at radius 3 is 2.72 bits per heavy atom. The number of benzene rings is 1. The van der Waals surface area contributed by atoms with E-state index in [4.69, 9.17) is 4.42 Å². The van der Waals surface area contributed by atoms with E-state index in [0.29, 0.717) is 22.7 Å². The van der Waals surface area contributed by atoms with E-state index >= 15 is 0 Å². The molecule has 2 aromatic heterocycles. The van der Waals surface area contributed by atoms with Crippen LogP contribution < -0.4 is 5.32 Å². The molecule has 1 aromatic carbocycles. The van der Waals surface area contributed by atoms with Crippen molar-refractivity contribution >= 4 is 5.91 Å². The van der Waals surface area contributed by atoms with Crippen molar-refractivity contribution in [3.05, 3.63) is 66.0 Å². The second-order valence-electron chi connectivity index (χ2n) is 5.98. The molecule has 0 bridgehead atoms. The lowest BCUT2D eigenvalue weighted by Gasteiger charge is -2.21. The second-order valence-corrected chi connectivity index (χ2v) is 5.98. The van der Waals surface area contributed by atoms with Gasteiger partial charge in [-0.1, -0.05) is 0 Å². The Bertz CT molecular complexity index is 868. The molecule has 0 aliphatic rings. The highest BCUT2D eigenvalue weighted by Gasteiger charge is 2.27. The molecule has 3 aromatic rings. The average Bonchev–Trinajstić information content (AvgIpc) is 3.23. The number of rotatable bonds is 5. The number of hydrogen-bond acceptors (Lipinski definition) is 4. The van der Waals surface area contributed by atoms with E-state index in [1.165, 1.54) is 23.1 Å². The third-order valence-corrected chi connectivity index (χ3v) is 3.90. The number of halogens is 1. The van der Waals surface area contributed by atoms with Crippen LogP contribution in [0.25, 0.3) is 11.3 Å². The minimum atomic E-state index is -1.32. The summed E-state index contributed by atoms with van der Waals surface area (Å²) >= 11 is 0. The number of carbonyl (C=O) groups excluding carboxylic acids is 1. The van der Waals surface area contributed by atoms with Gasteiger partial charge in [-0.3, -0.25) is 9.48 Å². The molecule has 25 heavy (non-hydrogen) atoms. The summed E-state index contributed by atoms with van der Waals surface area (Å²) in [6.07, 6.45) is 1.46. The first-order valence-corrected chi connectivity index (χ1v) is 7.71. The number of aliphatic hydroxyl groups is 1. The Labute approximate surface area is 143 Å². The number of aryl methyl sites for hydroxylation is 1. The van der Waals surface area contributed by atoms with Crippen LogP contribution in [0.4, 0.5) is 4.39 Å². The van der Waals surface area contributed by atoms with Gasteiger partial charge in [-0.2, -0.15) is 5.10 Å². The molecular weight excluding hydrogens is 325 g/mol. The third kappa shape index (κ3) is 3.61. The van der Waals surface area contributed by atoms with Crippen LogP contribution in [-0.2, 0) is 12.6 Å². The third-order valence-electron chi connectivity index (χ3n) is 3.90. The highest BCUT2D eigenvalue weighted by molar-refractivity contribution is 5.93. The molecule has 0 unspecified atom stereocenters. The van der Waals surface area contributed by atoms with Crippen LogP contribution in [0, 0.1) is 5.82 Å².